The zero-order valence-electron chi connectivity index (χ0n) is 7.66. The zero-order chi connectivity index (χ0) is 8.39. The summed E-state index contributed by atoms with van der Waals surface area (Å²) < 4.78 is 0. The highest BCUT2D eigenvalue weighted by Crippen LogP contribution is 2.26. The molecule has 0 radical (unpaired) electrons. The van der Waals surface area contributed by atoms with Crippen LogP contribution >= 0.6 is 0 Å². The highest BCUT2D eigenvalue weighted by atomic mass is 15.1. The van der Waals surface area contributed by atoms with E-state index in [1.165, 1.54) is 25.9 Å². The van der Waals surface area contributed by atoms with Gasteiger partial charge in [0.15, 0.2) is 0 Å². The van der Waals surface area contributed by atoms with Crippen molar-refractivity contribution in [3.05, 3.63) is 11.8 Å². The average Bonchev–Trinajstić information content (AvgIpc) is 2.17. The van der Waals surface area contributed by atoms with Crippen LogP contribution < -0.4 is 0 Å². The first-order chi connectivity index (χ1) is 5.90. The second-order valence-corrected chi connectivity index (χ2v) is 3.63. The van der Waals surface area contributed by atoms with E-state index in [2.05, 4.69) is 29.2 Å². The number of piperidine rings is 1. The maximum Gasteiger partial charge on any atom is 0.0271 e. The van der Waals surface area contributed by atoms with Crippen LogP contribution in [0, 0.1) is 5.92 Å². The molecule has 0 saturated carbocycles. The first kappa shape index (κ1) is 7.99. The summed E-state index contributed by atoms with van der Waals surface area (Å²) in [7, 11) is 0. The molecule has 2 aliphatic heterocycles. The van der Waals surface area contributed by atoms with E-state index in [0.29, 0.717) is 0 Å². The van der Waals surface area contributed by atoms with Gasteiger partial charge in [-0.05, 0) is 37.4 Å². The Morgan fingerprint density at radius 3 is 3.42 bits per heavy atom. The van der Waals surface area contributed by atoms with Crippen molar-refractivity contribution in [3.8, 4) is 0 Å². The van der Waals surface area contributed by atoms with Crippen LogP contribution in [0.5, 0.6) is 0 Å². The molecule has 66 valence electrons. The molecule has 2 rings (SSSR count). The van der Waals surface area contributed by atoms with Gasteiger partial charge in [-0.25, -0.2) is 0 Å². The summed E-state index contributed by atoms with van der Waals surface area (Å²) in [6.45, 7) is 5.83. The standard InChI is InChI=1S/C10H16N2/c1-2-12-6-4-9-3-5-11-7-10(9)8-12/h5,7,9H,2-4,6,8H2,1H3. The molecule has 2 heteroatoms. The van der Waals surface area contributed by atoms with E-state index in [1.54, 1.807) is 5.57 Å². The van der Waals surface area contributed by atoms with E-state index in [-0.39, 0.29) is 0 Å². The van der Waals surface area contributed by atoms with Gasteiger partial charge in [0.05, 0.1) is 0 Å². The molecule has 1 fully saturated rings. The fourth-order valence-electron chi connectivity index (χ4n) is 2.01. The number of nitrogens with zero attached hydrogens (tertiary/aromatic N) is 2. The molecular formula is C10H16N2. The number of likely N-dealkylation sites (N-methyl/N-ethyl adjacent to an activating group) is 1. The zero-order valence-corrected chi connectivity index (χ0v) is 7.66. The van der Waals surface area contributed by atoms with Crippen LogP contribution in [0.2, 0.25) is 0 Å². The Morgan fingerprint density at radius 2 is 2.58 bits per heavy atom. The Hall–Kier alpha value is -0.630. The van der Waals surface area contributed by atoms with Gasteiger partial charge in [0.25, 0.3) is 0 Å². The summed E-state index contributed by atoms with van der Waals surface area (Å²) in [5, 5.41) is 0. The lowest BCUT2D eigenvalue weighted by molar-refractivity contribution is 0.245. The van der Waals surface area contributed by atoms with E-state index in [9.17, 15) is 0 Å². The number of hydrogen-bond donors (Lipinski definition) is 0. The Balaban J connectivity index is 2.06. The first-order valence-electron chi connectivity index (χ1n) is 4.83. The minimum Gasteiger partial charge on any atom is -0.300 e. The highest BCUT2D eigenvalue weighted by Gasteiger charge is 2.23. The van der Waals surface area contributed by atoms with Crippen molar-refractivity contribution in [2.75, 3.05) is 19.6 Å². The Labute approximate surface area is 74.0 Å². The second-order valence-electron chi connectivity index (χ2n) is 3.63. The van der Waals surface area contributed by atoms with Gasteiger partial charge in [-0.1, -0.05) is 6.92 Å². The van der Waals surface area contributed by atoms with Crippen molar-refractivity contribution < 1.29 is 0 Å². The van der Waals surface area contributed by atoms with Crippen LogP contribution in [0.4, 0.5) is 0 Å². The summed E-state index contributed by atoms with van der Waals surface area (Å²) in [5.41, 5.74) is 1.55. The number of aliphatic imine (C=N–C) groups is 1. The molecule has 2 heterocycles. The number of hydrogen-bond acceptors (Lipinski definition) is 2. The lowest BCUT2D eigenvalue weighted by Crippen LogP contribution is -2.36. The van der Waals surface area contributed by atoms with Crippen molar-refractivity contribution in [2.24, 2.45) is 10.9 Å². The summed E-state index contributed by atoms with van der Waals surface area (Å²) in [4.78, 5) is 6.71. The lowest BCUT2D eigenvalue weighted by atomic mass is 9.88. The number of fused-ring (bicyclic) bond motifs is 1. The first-order valence-corrected chi connectivity index (χ1v) is 4.83. The quantitative estimate of drug-likeness (QED) is 0.576. The van der Waals surface area contributed by atoms with Gasteiger partial charge in [-0.2, -0.15) is 0 Å². The molecule has 1 atom stereocenters. The molecular weight excluding hydrogens is 148 g/mol. The van der Waals surface area contributed by atoms with Crippen molar-refractivity contribution in [1.29, 1.82) is 0 Å². The predicted octanol–water partition coefficient (Wildman–Crippen LogP) is 1.69. The smallest absolute Gasteiger partial charge is 0.0271 e. The van der Waals surface area contributed by atoms with E-state index in [0.717, 1.165) is 12.5 Å². The molecule has 0 aliphatic carbocycles. The molecule has 2 nitrogen and oxygen atoms in total. The van der Waals surface area contributed by atoms with Gasteiger partial charge in [0.2, 0.25) is 0 Å². The molecule has 0 aromatic rings. The monoisotopic (exact) mass is 164 g/mol. The molecule has 1 saturated heterocycles. The minimum absolute atomic E-state index is 0.810. The summed E-state index contributed by atoms with van der Waals surface area (Å²) in [6.07, 6.45) is 6.61. The third-order valence-electron chi connectivity index (χ3n) is 2.91. The summed E-state index contributed by atoms with van der Waals surface area (Å²) >= 11 is 0. The minimum atomic E-state index is 0.810. The molecule has 0 bridgehead atoms. The Morgan fingerprint density at radius 1 is 1.67 bits per heavy atom. The van der Waals surface area contributed by atoms with Gasteiger partial charge in [0.1, 0.15) is 0 Å². The predicted molar refractivity (Wildman–Crippen MR) is 51.4 cm³/mol. The SMILES string of the molecule is CCN1CCC2CC=NC=C2C1. The molecule has 12 heavy (non-hydrogen) atoms. The third-order valence-corrected chi connectivity index (χ3v) is 2.91. The van der Waals surface area contributed by atoms with Crippen LogP contribution in [0.3, 0.4) is 0 Å². The van der Waals surface area contributed by atoms with Gasteiger partial charge in [-0.15, -0.1) is 0 Å². The number of likely N-dealkylation sites (tertiary alicyclic amines) is 1. The van der Waals surface area contributed by atoms with Gasteiger partial charge < -0.3 is 0 Å². The third kappa shape index (κ3) is 1.44. The largest absolute Gasteiger partial charge is 0.300 e. The highest BCUT2D eigenvalue weighted by molar-refractivity contribution is 5.61. The van der Waals surface area contributed by atoms with E-state index in [4.69, 9.17) is 0 Å². The molecule has 0 spiro atoms. The fraction of sp³-hybridized carbons (Fsp3) is 0.700. The average molecular weight is 164 g/mol. The van der Waals surface area contributed by atoms with Crippen molar-refractivity contribution >= 4 is 6.21 Å². The molecule has 0 amide bonds. The van der Waals surface area contributed by atoms with Crippen LogP contribution in [0.1, 0.15) is 19.8 Å². The molecule has 0 aromatic heterocycles. The number of rotatable bonds is 1. The Kier molecular flexibility index (Phi) is 2.26. The van der Waals surface area contributed by atoms with Gasteiger partial charge in [0, 0.05) is 19.0 Å². The van der Waals surface area contributed by atoms with E-state index < -0.39 is 0 Å². The molecule has 2 aliphatic rings. The topological polar surface area (TPSA) is 15.6 Å². The van der Waals surface area contributed by atoms with Crippen molar-refractivity contribution in [2.45, 2.75) is 19.8 Å². The van der Waals surface area contributed by atoms with Crippen LogP contribution in [-0.4, -0.2) is 30.7 Å². The van der Waals surface area contributed by atoms with Crippen LogP contribution in [-0.2, 0) is 0 Å². The summed E-state index contributed by atoms with van der Waals surface area (Å²) in [5.74, 6) is 0.810. The maximum atomic E-state index is 4.22. The Bertz CT molecular complexity index is 218. The fourth-order valence-corrected chi connectivity index (χ4v) is 2.01. The van der Waals surface area contributed by atoms with E-state index in [1.807, 2.05) is 0 Å². The van der Waals surface area contributed by atoms with E-state index >= 15 is 0 Å². The molecule has 1 unspecified atom stereocenters. The maximum absolute atomic E-state index is 4.22. The summed E-state index contributed by atoms with van der Waals surface area (Å²) in [6, 6.07) is 0. The van der Waals surface area contributed by atoms with Crippen molar-refractivity contribution in [3.63, 3.8) is 0 Å². The second kappa shape index (κ2) is 3.40. The van der Waals surface area contributed by atoms with Crippen LogP contribution in [0.15, 0.2) is 16.8 Å². The van der Waals surface area contributed by atoms with Crippen LogP contribution in [0.25, 0.3) is 0 Å². The normalized spacial score (nSPS) is 29.8. The molecule has 0 aromatic carbocycles. The lowest BCUT2D eigenvalue weighted by Gasteiger charge is -2.33. The van der Waals surface area contributed by atoms with Gasteiger partial charge in [-0.3, -0.25) is 9.89 Å². The molecule has 0 N–H and O–H groups in total. The van der Waals surface area contributed by atoms with Gasteiger partial charge >= 0.3 is 0 Å². The van der Waals surface area contributed by atoms with Crippen molar-refractivity contribution in [1.82, 2.24) is 4.90 Å².